The molecule has 0 saturated heterocycles. The van der Waals surface area contributed by atoms with Gasteiger partial charge in [-0.15, -0.1) is 0 Å². The first-order valence-corrected chi connectivity index (χ1v) is 7.37. The van der Waals surface area contributed by atoms with E-state index in [0.717, 1.165) is 31.4 Å². The summed E-state index contributed by atoms with van der Waals surface area (Å²) in [4.78, 5) is 24.0. The van der Waals surface area contributed by atoms with Gasteiger partial charge in [0, 0.05) is 5.56 Å². The molecule has 0 unspecified atom stereocenters. The number of aliphatic carboxylic acids is 1. The highest BCUT2D eigenvalue weighted by Crippen LogP contribution is 2.30. The lowest BCUT2D eigenvalue weighted by Gasteiger charge is -2.25. The number of carbonyl (C=O) groups is 2. The average Bonchev–Trinajstić information content (AvgIpc) is 2.95. The first-order chi connectivity index (χ1) is 10.1. The van der Waals surface area contributed by atoms with Gasteiger partial charge in [-0.3, -0.25) is 4.79 Å². The lowest BCUT2D eigenvalue weighted by atomic mass is 9.96. The Labute approximate surface area is 124 Å². The Morgan fingerprint density at radius 3 is 2.52 bits per heavy atom. The predicted molar refractivity (Wildman–Crippen MR) is 80.4 cm³/mol. The summed E-state index contributed by atoms with van der Waals surface area (Å²) in [7, 11) is 1.86. The molecule has 1 fully saturated rings. The minimum absolute atomic E-state index is 0.286. The van der Waals surface area contributed by atoms with Crippen LogP contribution in [0.25, 0.3) is 0 Å². The second-order valence-electron chi connectivity index (χ2n) is 5.56. The molecule has 0 heterocycles. The quantitative estimate of drug-likeness (QED) is 0.743. The van der Waals surface area contributed by atoms with Crippen molar-refractivity contribution in [1.29, 1.82) is 0 Å². The van der Waals surface area contributed by atoms with Gasteiger partial charge in [-0.2, -0.15) is 0 Å². The molecule has 5 heteroatoms. The van der Waals surface area contributed by atoms with E-state index in [1.165, 1.54) is 0 Å². The molecule has 0 spiro atoms. The van der Waals surface area contributed by atoms with Crippen LogP contribution in [0.4, 0.5) is 0 Å². The van der Waals surface area contributed by atoms with E-state index in [4.69, 9.17) is 0 Å². The van der Waals surface area contributed by atoms with E-state index >= 15 is 0 Å². The lowest BCUT2D eigenvalue weighted by molar-refractivity contribution is -0.144. The molecule has 1 amide bonds. The third-order valence-electron chi connectivity index (χ3n) is 4.13. The van der Waals surface area contributed by atoms with Crippen molar-refractivity contribution in [3.63, 3.8) is 0 Å². The summed E-state index contributed by atoms with van der Waals surface area (Å²) in [6, 6.07) is 7.36. The first kappa shape index (κ1) is 15.5. The van der Waals surface area contributed by atoms with Crippen LogP contribution in [0.2, 0.25) is 0 Å². The fourth-order valence-electron chi connectivity index (χ4n) is 2.88. The van der Waals surface area contributed by atoms with Gasteiger partial charge in [-0.1, -0.05) is 31.0 Å². The standard InChI is InChI=1S/C16H22N2O3/c1-17-11-8-12-6-2-3-7-13(12)14(19)18-16(15(20)21)9-4-5-10-16/h2-3,6-7,17H,4-5,8-11H2,1H3,(H,18,19)(H,20,21). The van der Waals surface area contributed by atoms with Gasteiger partial charge < -0.3 is 15.7 Å². The zero-order valence-corrected chi connectivity index (χ0v) is 12.3. The minimum atomic E-state index is -1.09. The Bertz CT molecular complexity index is 522. The third-order valence-corrected chi connectivity index (χ3v) is 4.13. The summed E-state index contributed by atoms with van der Waals surface area (Å²) < 4.78 is 0. The van der Waals surface area contributed by atoms with Gasteiger partial charge in [-0.05, 0) is 44.5 Å². The molecule has 0 aromatic heterocycles. The molecular weight excluding hydrogens is 268 g/mol. The van der Waals surface area contributed by atoms with Crippen LogP contribution in [0.1, 0.15) is 41.6 Å². The first-order valence-electron chi connectivity index (χ1n) is 7.37. The summed E-state index contributed by atoms with van der Waals surface area (Å²) in [5.41, 5.74) is 0.413. The van der Waals surface area contributed by atoms with E-state index in [0.29, 0.717) is 18.4 Å². The number of likely N-dealkylation sites (N-methyl/N-ethyl adjacent to an activating group) is 1. The zero-order valence-electron chi connectivity index (χ0n) is 12.3. The van der Waals surface area contributed by atoms with E-state index in [2.05, 4.69) is 10.6 Å². The summed E-state index contributed by atoms with van der Waals surface area (Å²) in [5.74, 6) is -1.22. The molecule has 0 aliphatic heterocycles. The van der Waals surface area contributed by atoms with Crippen molar-refractivity contribution >= 4 is 11.9 Å². The Balaban J connectivity index is 2.18. The average molecular weight is 290 g/mol. The van der Waals surface area contributed by atoms with Crippen molar-refractivity contribution < 1.29 is 14.7 Å². The van der Waals surface area contributed by atoms with Gasteiger partial charge in [0.1, 0.15) is 5.54 Å². The van der Waals surface area contributed by atoms with Crippen molar-refractivity contribution in [3.05, 3.63) is 35.4 Å². The number of hydrogen-bond acceptors (Lipinski definition) is 3. The van der Waals surface area contributed by atoms with E-state index in [9.17, 15) is 14.7 Å². The maximum absolute atomic E-state index is 12.5. The van der Waals surface area contributed by atoms with Crippen LogP contribution in [-0.2, 0) is 11.2 Å². The molecule has 5 nitrogen and oxygen atoms in total. The molecule has 1 aliphatic rings. The Morgan fingerprint density at radius 2 is 1.90 bits per heavy atom. The van der Waals surface area contributed by atoms with Gasteiger partial charge in [-0.25, -0.2) is 4.79 Å². The molecule has 0 radical (unpaired) electrons. The molecule has 1 saturated carbocycles. The Kier molecular flexibility index (Phi) is 4.96. The van der Waals surface area contributed by atoms with Gasteiger partial charge in [0.25, 0.3) is 5.91 Å². The molecule has 2 rings (SSSR count). The van der Waals surface area contributed by atoms with Crippen LogP contribution < -0.4 is 10.6 Å². The normalized spacial score (nSPS) is 16.6. The largest absolute Gasteiger partial charge is 0.480 e. The zero-order chi connectivity index (χ0) is 15.3. The van der Waals surface area contributed by atoms with Crippen LogP contribution in [0.15, 0.2) is 24.3 Å². The van der Waals surface area contributed by atoms with Gasteiger partial charge in [0.2, 0.25) is 0 Å². The molecule has 1 aliphatic carbocycles. The fraction of sp³-hybridized carbons (Fsp3) is 0.500. The molecular formula is C16H22N2O3. The topological polar surface area (TPSA) is 78.4 Å². The second-order valence-corrected chi connectivity index (χ2v) is 5.56. The summed E-state index contributed by atoms with van der Waals surface area (Å²) in [6.45, 7) is 0.772. The van der Waals surface area contributed by atoms with Crippen molar-refractivity contribution in [2.24, 2.45) is 0 Å². The monoisotopic (exact) mass is 290 g/mol. The molecule has 21 heavy (non-hydrogen) atoms. The number of carbonyl (C=O) groups excluding carboxylic acids is 1. The van der Waals surface area contributed by atoms with Crippen molar-refractivity contribution in [2.45, 2.75) is 37.6 Å². The van der Waals surface area contributed by atoms with Crippen LogP contribution in [0.3, 0.4) is 0 Å². The summed E-state index contributed by atoms with van der Waals surface area (Å²) in [5, 5.41) is 15.3. The molecule has 114 valence electrons. The second kappa shape index (κ2) is 6.72. The third kappa shape index (κ3) is 3.42. The highest BCUT2D eigenvalue weighted by molar-refractivity contribution is 5.99. The number of benzene rings is 1. The number of hydrogen-bond donors (Lipinski definition) is 3. The maximum Gasteiger partial charge on any atom is 0.329 e. The molecule has 1 aromatic carbocycles. The van der Waals surface area contributed by atoms with E-state index in [1.54, 1.807) is 12.1 Å². The SMILES string of the molecule is CNCCc1ccccc1C(=O)NC1(C(=O)O)CCCC1. The number of carboxylic acid groups (broad SMARTS) is 1. The van der Waals surface area contributed by atoms with Gasteiger partial charge in [0.05, 0.1) is 0 Å². The number of rotatable bonds is 6. The highest BCUT2D eigenvalue weighted by Gasteiger charge is 2.42. The smallest absolute Gasteiger partial charge is 0.329 e. The number of amides is 1. The van der Waals surface area contributed by atoms with Crippen molar-refractivity contribution in [1.82, 2.24) is 10.6 Å². The molecule has 3 N–H and O–H groups in total. The predicted octanol–water partition coefficient (Wildman–Crippen LogP) is 1.58. The van der Waals surface area contributed by atoms with Crippen LogP contribution in [-0.4, -0.2) is 36.1 Å². The Morgan fingerprint density at radius 1 is 1.24 bits per heavy atom. The summed E-state index contributed by atoms with van der Waals surface area (Å²) in [6.07, 6.45) is 3.43. The van der Waals surface area contributed by atoms with Crippen LogP contribution >= 0.6 is 0 Å². The molecule has 0 bridgehead atoms. The molecule has 0 atom stereocenters. The minimum Gasteiger partial charge on any atom is -0.480 e. The molecule has 1 aromatic rings. The van der Waals surface area contributed by atoms with E-state index < -0.39 is 11.5 Å². The number of nitrogens with one attached hydrogen (secondary N) is 2. The number of carboxylic acids is 1. The van der Waals surface area contributed by atoms with E-state index in [-0.39, 0.29) is 5.91 Å². The van der Waals surface area contributed by atoms with E-state index in [1.807, 2.05) is 19.2 Å². The van der Waals surface area contributed by atoms with Crippen LogP contribution in [0, 0.1) is 0 Å². The highest BCUT2D eigenvalue weighted by atomic mass is 16.4. The van der Waals surface area contributed by atoms with Gasteiger partial charge >= 0.3 is 5.97 Å². The van der Waals surface area contributed by atoms with Crippen molar-refractivity contribution in [2.75, 3.05) is 13.6 Å². The maximum atomic E-state index is 12.5. The fourth-order valence-corrected chi connectivity index (χ4v) is 2.88. The Hall–Kier alpha value is -1.88. The van der Waals surface area contributed by atoms with Crippen LogP contribution in [0.5, 0.6) is 0 Å². The lowest BCUT2D eigenvalue weighted by Crippen LogP contribution is -2.52. The summed E-state index contributed by atoms with van der Waals surface area (Å²) >= 11 is 0. The van der Waals surface area contributed by atoms with Gasteiger partial charge in [0.15, 0.2) is 0 Å². The van der Waals surface area contributed by atoms with Crippen molar-refractivity contribution in [3.8, 4) is 0 Å².